The Morgan fingerprint density at radius 3 is 2.79 bits per heavy atom. The van der Waals surface area contributed by atoms with Crippen LogP contribution in [0.15, 0.2) is 24.3 Å². The highest BCUT2D eigenvalue weighted by Crippen LogP contribution is 2.58. The number of benzene rings is 1. The van der Waals surface area contributed by atoms with Gasteiger partial charge >= 0.3 is 0 Å². The van der Waals surface area contributed by atoms with Gasteiger partial charge in [-0.05, 0) is 56.0 Å². The average Bonchev–Trinajstić information content (AvgIpc) is 3.04. The molecule has 2 N–H and O–H groups in total. The lowest BCUT2D eigenvalue weighted by Crippen LogP contribution is -2.31. The number of amides is 1. The molecule has 2 aliphatic rings. The van der Waals surface area contributed by atoms with E-state index in [1.54, 1.807) is 12.1 Å². The molecule has 3 rings (SSSR count). The van der Waals surface area contributed by atoms with Crippen LogP contribution in [0.3, 0.4) is 0 Å². The highest BCUT2D eigenvalue weighted by atomic mass is 35.5. The molecule has 1 amide bonds. The Hall–Kier alpha value is -1.13. The molecular formula is C14H18ClFN2O. The SMILES string of the molecule is Cl.O=C(Nc1cccc(F)c1)C1CC12CCNCC2. The summed E-state index contributed by atoms with van der Waals surface area (Å²) in [5, 5.41) is 6.13. The minimum atomic E-state index is -0.319. The summed E-state index contributed by atoms with van der Waals surface area (Å²) in [6.07, 6.45) is 3.14. The molecule has 19 heavy (non-hydrogen) atoms. The number of carbonyl (C=O) groups is 1. The second kappa shape index (κ2) is 5.47. The molecule has 2 fully saturated rings. The van der Waals surface area contributed by atoms with Crippen molar-refractivity contribution in [3.63, 3.8) is 0 Å². The Bertz CT molecular complexity index is 474. The molecule has 1 spiro atoms. The summed E-state index contributed by atoms with van der Waals surface area (Å²) in [6.45, 7) is 2.01. The molecule has 0 aromatic heterocycles. The summed E-state index contributed by atoms with van der Waals surface area (Å²) in [6, 6.07) is 6.06. The van der Waals surface area contributed by atoms with E-state index < -0.39 is 0 Å². The zero-order valence-electron chi connectivity index (χ0n) is 10.6. The van der Waals surface area contributed by atoms with Crippen LogP contribution in [0, 0.1) is 17.2 Å². The van der Waals surface area contributed by atoms with Crippen LogP contribution in [0.2, 0.25) is 0 Å². The van der Waals surface area contributed by atoms with E-state index in [4.69, 9.17) is 0 Å². The van der Waals surface area contributed by atoms with Crippen LogP contribution >= 0.6 is 12.4 Å². The van der Waals surface area contributed by atoms with Gasteiger partial charge in [0.2, 0.25) is 5.91 Å². The molecule has 1 atom stereocenters. The van der Waals surface area contributed by atoms with Gasteiger partial charge in [0, 0.05) is 11.6 Å². The lowest BCUT2D eigenvalue weighted by molar-refractivity contribution is -0.118. The third kappa shape index (κ3) is 2.90. The summed E-state index contributed by atoms with van der Waals surface area (Å²) >= 11 is 0. The number of carbonyl (C=O) groups excluding carboxylic acids is 1. The van der Waals surface area contributed by atoms with Gasteiger partial charge in [0.25, 0.3) is 0 Å². The summed E-state index contributed by atoms with van der Waals surface area (Å²) in [5.41, 5.74) is 0.777. The molecule has 1 heterocycles. The number of halogens is 2. The molecule has 0 bridgehead atoms. The lowest BCUT2D eigenvalue weighted by atomic mass is 9.92. The van der Waals surface area contributed by atoms with E-state index in [-0.39, 0.29) is 35.5 Å². The van der Waals surface area contributed by atoms with Crippen molar-refractivity contribution in [2.45, 2.75) is 19.3 Å². The monoisotopic (exact) mass is 284 g/mol. The van der Waals surface area contributed by atoms with Crippen LogP contribution < -0.4 is 10.6 Å². The van der Waals surface area contributed by atoms with Crippen molar-refractivity contribution >= 4 is 24.0 Å². The van der Waals surface area contributed by atoms with Crippen molar-refractivity contribution in [2.75, 3.05) is 18.4 Å². The van der Waals surface area contributed by atoms with Crippen LogP contribution in [0.5, 0.6) is 0 Å². The summed E-state index contributed by atoms with van der Waals surface area (Å²) in [7, 11) is 0. The molecule has 1 aliphatic heterocycles. The van der Waals surface area contributed by atoms with Gasteiger partial charge < -0.3 is 10.6 Å². The van der Waals surface area contributed by atoms with E-state index in [1.807, 2.05) is 0 Å². The van der Waals surface area contributed by atoms with Gasteiger partial charge in [-0.3, -0.25) is 4.79 Å². The smallest absolute Gasteiger partial charge is 0.228 e. The van der Waals surface area contributed by atoms with Gasteiger partial charge in [0.15, 0.2) is 0 Å². The minimum Gasteiger partial charge on any atom is -0.326 e. The van der Waals surface area contributed by atoms with Crippen LogP contribution in [0.1, 0.15) is 19.3 Å². The standard InChI is InChI=1S/C14H17FN2O.ClH/c15-10-2-1-3-11(8-10)17-13(18)12-9-14(12)4-6-16-7-5-14;/h1-3,8,12,16H,4-7,9H2,(H,17,18);1H. The predicted octanol–water partition coefficient (Wildman–Crippen LogP) is 2.58. The minimum absolute atomic E-state index is 0. The summed E-state index contributed by atoms with van der Waals surface area (Å²) in [4.78, 5) is 12.1. The Labute approximate surface area is 118 Å². The maximum absolute atomic E-state index is 13.0. The second-order valence-corrected chi connectivity index (χ2v) is 5.37. The van der Waals surface area contributed by atoms with Crippen molar-refractivity contribution < 1.29 is 9.18 Å². The molecule has 3 nitrogen and oxygen atoms in total. The fraction of sp³-hybridized carbons (Fsp3) is 0.500. The lowest BCUT2D eigenvalue weighted by Gasteiger charge is -2.23. The van der Waals surface area contributed by atoms with E-state index >= 15 is 0 Å². The summed E-state index contributed by atoms with van der Waals surface area (Å²) in [5.74, 6) is -0.162. The quantitative estimate of drug-likeness (QED) is 0.876. The third-order valence-corrected chi connectivity index (χ3v) is 4.20. The summed E-state index contributed by atoms with van der Waals surface area (Å²) < 4.78 is 13.0. The van der Waals surface area contributed by atoms with Crippen molar-refractivity contribution in [3.8, 4) is 0 Å². The Morgan fingerprint density at radius 2 is 2.11 bits per heavy atom. The van der Waals surface area contributed by atoms with Gasteiger partial charge in [-0.25, -0.2) is 4.39 Å². The molecule has 1 saturated carbocycles. The maximum Gasteiger partial charge on any atom is 0.228 e. The van der Waals surface area contributed by atoms with Crippen molar-refractivity contribution in [2.24, 2.45) is 11.3 Å². The van der Waals surface area contributed by atoms with Crippen molar-refractivity contribution in [3.05, 3.63) is 30.1 Å². The van der Waals surface area contributed by atoms with E-state index in [2.05, 4.69) is 10.6 Å². The molecule has 1 unspecified atom stereocenters. The van der Waals surface area contributed by atoms with E-state index in [0.717, 1.165) is 32.4 Å². The Morgan fingerprint density at radius 1 is 1.37 bits per heavy atom. The number of anilines is 1. The van der Waals surface area contributed by atoms with E-state index in [0.29, 0.717) is 5.69 Å². The highest BCUT2D eigenvalue weighted by molar-refractivity contribution is 5.95. The molecule has 5 heteroatoms. The zero-order valence-corrected chi connectivity index (χ0v) is 11.4. The zero-order chi connectivity index (χ0) is 12.6. The fourth-order valence-electron chi connectivity index (χ4n) is 2.99. The van der Waals surface area contributed by atoms with Gasteiger partial charge in [-0.1, -0.05) is 6.07 Å². The van der Waals surface area contributed by atoms with E-state index in [1.165, 1.54) is 12.1 Å². The first-order valence-electron chi connectivity index (χ1n) is 6.47. The van der Waals surface area contributed by atoms with E-state index in [9.17, 15) is 9.18 Å². The number of piperidine rings is 1. The Kier molecular flexibility index (Phi) is 4.11. The number of nitrogens with one attached hydrogen (secondary N) is 2. The first kappa shape index (κ1) is 14.3. The van der Waals surface area contributed by atoms with Crippen molar-refractivity contribution in [1.82, 2.24) is 5.32 Å². The van der Waals surface area contributed by atoms with Crippen molar-refractivity contribution in [1.29, 1.82) is 0 Å². The first-order chi connectivity index (χ1) is 8.70. The molecule has 1 saturated heterocycles. The first-order valence-corrected chi connectivity index (χ1v) is 6.47. The molecule has 1 aromatic carbocycles. The van der Waals surface area contributed by atoms with Crippen LogP contribution in [-0.2, 0) is 4.79 Å². The normalized spacial score (nSPS) is 23.5. The third-order valence-electron chi connectivity index (χ3n) is 4.20. The number of rotatable bonds is 2. The average molecular weight is 285 g/mol. The highest BCUT2D eigenvalue weighted by Gasteiger charge is 2.57. The van der Waals surface area contributed by atoms with Crippen LogP contribution in [0.25, 0.3) is 0 Å². The fourth-order valence-corrected chi connectivity index (χ4v) is 2.99. The number of hydrogen-bond acceptors (Lipinski definition) is 2. The van der Waals surface area contributed by atoms with Gasteiger partial charge in [-0.15, -0.1) is 12.4 Å². The largest absolute Gasteiger partial charge is 0.326 e. The van der Waals surface area contributed by atoms with Gasteiger partial charge in [-0.2, -0.15) is 0 Å². The van der Waals surface area contributed by atoms with Gasteiger partial charge in [0.05, 0.1) is 0 Å². The molecular weight excluding hydrogens is 267 g/mol. The number of hydrogen-bond donors (Lipinski definition) is 2. The second-order valence-electron chi connectivity index (χ2n) is 5.37. The van der Waals surface area contributed by atoms with Crippen LogP contribution in [-0.4, -0.2) is 19.0 Å². The topological polar surface area (TPSA) is 41.1 Å². The molecule has 1 aliphatic carbocycles. The Balaban J connectivity index is 0.00000133. The molecule has 1 aromatic rings. The molecule has 104 valence electrons. The van der Waals surface area contributed by atoms with Gasteiger partial charge in [0.1, 0.15) is 5.82 Å². The predicted molar refractivity (Wildman–Crippen MR) is 74.9 cm³/mol. The van der Waals surface area contributed by atoms with Crippen LogP contribution in [0.4, 0.5) is 10.1 Å². The molecule has 0 radical (unpaired) electrons. The maximum atomic E-state index is 13.0.